The summed E-state index contributed by atoms with van der Waals surface area (Å²) in [7, 11) is 0. The van der Waals surface area contributed by atoms with E-state index < -0.39 is 0 Å². The normalized spacial score (nSPS) is 10.9. The molecule has 0 heterocycles. The first-order valence-electron chi connectivity index (χ1n) is 3.64. The maximum absolute atomic E-state index is 2.27. The first kappa shape index (κ1) is 9.25. The summed E-state index contributed by atoms with van der Waals surface area (Å²) in [5.74, 6) is 0. The second-order valence-corrected chi connectivity index (χ2v) is 3.93. The van der Waals surface area contributed by atoms with E-state index in [0.29, 0.717) is 0 Å². The third kappa shape index (κ3) is 8.25. The fourth-order valence-corrected chi connectivity index (χ4v) is 2.06. The molecule has 9 heavy (non-hydrogen) atoms. The van der Waals surface area contributed by atoms with Crippen LogP contribution in [0.25, 0.3) is 0 Å². The Labute approximate surface area is 67.8 Å². The fourth-order valence-electron chi connectivity index (χ4n) is 0.687. The van der Waals surface area contributed by atoms with Crippen LogP contribution in [-0.4, -0.2) is 20.4 Å². The Morgan fingerprint density at radius 3 is 1.78 bits per heavy atom. The molecule has 0 aliphatic heterocycles. The van der Waals surface area contributed by atoms with Gasteiger partial charge in [-0.1, -0.05) is 12.2 Å². The monoisotopic (exact) mass is 134 g/mol. The Bertz CT molecular complexity index is 80.7. The van der Waals surface area contributed by atoms with Crippen molar-refractivity contribution in [2.75, 3.05) is 0 Å². The minimum absolute atomic E-state index is 0.216. The lowest BCUT2D eigenvalue weighted by Gasteiger charge is -1.82. The van der Waals surface area contributed by atoms with Gasteiger partial charge in [-0.3, -0.25) is 0 Å². The van der Waals surface area contributed by atoms with Crippen LogP contribution in [0.1, 0.15) is 13.8 Å². The van der Waals surface area contributed by atoms with E-state index in [1.165, 1.54) is 9.10 Å². The van der Waals surface area contributed by atoms with Crippen molar-refractivity contribution in [3.8, 4) is 0 Å². The van der Waals surface area contributed by atoms with Crippen molar-refractivity contribution in [3.05, 3.63) is 24.3 Å². The highest BCUT2D eigenvalue weighted by atomic mass is 24.5. The number of hydrogen-bond donors (Lipinski definition) is 0. The Hall–Kier alpha value is 0.246. The van der Waals surface area contributed by atoms with Crippen molar-refractivity contribution >= 4 is 20.4 Å². The maximum atomic E-state index is 2.27. The van der Waals surface area contributed by atoms with Gasteiger partial charge < -0.3 is 0 Å². The summed E-state index contributed by atoms with van der Waals surface area (Å²) < 4.78 is 2.72. The minimum Gasteiger partial charge on any atom is -0.128 e. The Morgan fingerprint density at radius 2 is 1.44 bits per heavy atom. The lowest BCUT2D eigenvalue weighted by molar-refractivity contribution is 1.53. The molecule has 0 unspecified atom stereocenters. The van der Waals surface area contributed by atoms with Crippen molar-refractivity contribution in [2.24, 2.45) is 0 Å². The average Bonchev–Trinajstić information content (AvgIpc) is 1.89. The third-order valence-electron chi connectivity index (χ3n) is 1.21. The summed E-state index contributed by atoms with van der Waals surface area (Å²) in [5, 5.41) is 0. The van der Waals surface area contributed by atoms with Gasteiger partial charge in [0, 0.05) is 0 Å². The average molecular weight is 135 g/mol. The molecule has 0 rings (SSSR count). The van der Waals surface area contributed by atoms with E-state index in [4.69, 9.17) is 0 Å². The molecular weight excluding hydrogens is 120 g/mol. The van der Waals surface area contributed by atoms with E-state index in [9.17, 15) is 0 Å². The van der Waals surface area contributed by atoms with E-state index in [0.717, 1.165) is 0 Å². The number of rotatable bonds is 4. The summed E-state index contributed by atoms with van der Waals surface area (Å²) >= 11 is 0.216. The number of allylic oxidation sites excluding steroid dienone is 4. The predicted molar refractivity (Wildman–Crippen MR) is 45.0 cm³/mol. The fraction of sp³-hybridized carbons (Fsp3) is 0.500. The maximum Gasteiger partial charge on any atom is 0.375 e. The third-order valence-corrected chi connectivity index (χ3v) is 2.70. The molecule has 0 aromatic carbocycles. The zero-order chi connectivity index (χ0) is 6.95. The zero-order valence-corrected chi connectivity index (χ0v) is 7.84. The lowest BCUT2D eigenvalue weighted by atomic mass is 10.6. The largest absolute Gasteiger partial charge is 0.375 e. The molecule has 48 valence electrons. The van der Waals surface area contributed by atoms with Crippen molar-refractivity contribution in [1.82, 2.24) is 0 Å². The van der Waals surface area contributed by atoms with Crippen molar-refractivity contribution in [3.63, 3.8) is 0 Å². The van der Waals surface area contributed by atoms with Crippen molar-refractivity contribution in [2.45, 2.75) is 22.9 Å². The van der Waals surface area contributed by atoms with E-state index in [1.807, 2.05) is 0 Å². The van der Waals surface area contributed by atoms with Crippen LogP contribution in [0.4, 0.5) is 0 Å². The van der Waals surface area contributed by atoms with Gasteiger partial charge in [0.25, 0.3) is 0 Å². The molecule has 0 aromatic rings. The lowest BCUT2D eigenvalue weighted by Crippen LogP contribution is -1.81. The van der Waals surface area contributed by atoms with E-state index in [1.54, 1.807) is 0 Å². The molecule has 0 saturated carbocycles. The molecule has 0 atom stereocenters. The second kappa shape index (κ2) is 8.25. The van der Waals surface area contributed by atoms with Gasteiger partial charge in [-0.2, -0.15) is 0 Å². The van der Waals surface area contributed by atoms with E-state index >= 15 is 0 Å². The van der Waals surface area contributed by atoms with Crippen LogP contribution in [0.3, 0.4) is 0 Å². The SMILES string of the molecule is C/C=C/[CH2][Mg][CH2]/C=C/C. The molecule has 0 saturated heterocycles. The summed E-state index contributed by atoms with van der Waals surface area (Å²) in [4.78, 5) is 0. The highest BCUT2D eigenvalue weighted by Gasteiger charge is 1.85. The summed E-state index contributed by atoms with van der Waals surface area (Å²) in [6.07, 6.45) is 8.83. The van der Waals surface area contributed by atoms with Crippen LogP contribution in [-0.2, 0) is 0 Å². The highest BCUT2D eigenvalue weighted by Crippen LogP contribution is 1.88. The van der Waals surface area contributed by atoms with Gasteiger partial charge in [0.1, 0.15) is 0 Å². The predicted octanol–water partition coefficient (Wildman–Crippen LogP) is 2.68. The van der Waals surface area contributed by atoms with Crippen molar-refractivity contribution in [1.29, 1.82) is 0 Å². The second-order valence-electron chi connectivity index (χ2n) is 2.07. The summed E-state index contributed by atoms with van der Waals surface area (Å²) in [6, 6.07) is 0. The molecule has 0 radical (unpaired) electrons. The first-order valence-corrected chi connectivity index (χ1v) is 5.64. The van der Waals surface area contributed by atoms with Crippen LogP contribution < -0.4 is 0 Å². The van der Waals surface area contributed by atoms with Gasteiger partial charge in [-0.15, -0.1) is 21.3 Å². The molecule has 0 aromatic heterocycles. The molecular formula is C8H14Mg. The Morgan fingerprint density at radius 1 is 1.00 bits per heavy atom. The standard InChI is InChI=1S/2C4H7.Mg/c2*1-3-4-2;/h2*3-4H,1H2,2H3;/b2*4-3+;. The van der Waals surface area contributed by atoms with Crippen LogP contribution in [0.2, 0.25) is 9.10 Å². The van der Waals surface area contributed by atoms with Crippen LogP contribution in [0.15, 0.2) is 24.3 Å². The molecule has 0 nitrogen and oxygen atoms in total. The molecule has 0 bridgehead atoms. The molecule has 0 spiro atoms. The van der Waals surface area contributed by atoms with Gasteiger partial charge in [0.2, 0.25) is 0 Å². The topological polar surface area (TPSA) is 0 Å². The van der Waals surface area contributed by atoms with E-state index in [2.05, 4.69) is 38.2 Å². The van der Waals surface area contributed by atoms with Crippen LogP contribution >= 0.6 is 0 Å². The summed E-state index contributed by atoms with van der Waals surface area (Å²) in [6.45, 7) is 4.17. The zero-order valence-electron chi connectivity index (χ0n) is 6.43. The Kier molecular flexibility index (Phi) is 8.47. The van der Waals surface area contributed by atoms with E-state index in [-0.39, 0.29) is 20.4 Å². The highest BCUT2D eigenvalue weighted by molar-refractivity contribution is 6.36. The first-order chi connectivity index (χ1) is 4.41. The molecule has 0 N–H and O–H groups in total. The molecule has 0 fully saturated rings. The molecule has 1 heteroatoms. The van der Waals surface area contributed by atoms with Crippen LogP contribution in [0, 0.1) is 0 Å². The number of hydrogen-bond acceptors (Lipinski definition) is 0. The minimum atomic E-state index is 0.216. The van der Waals surface area contributed by atoms with Crippen LogP contribution in [0.5, 0.6) is 0 Å². The molecule has 0 aliphatic carbocycles. The molecule has 0 aliphatic rings. The van der Waals surface area contributed by atoms with Gasteiger partial charge in [-0.25, -0.2) is 0 Å². The van der Waals surface area contributed by atoms with Crippen molar-refractivity contribution < 1.29 is 0 Å². The van der Waals surface area contributed by atoms with Gasteiger partial charge >= 0.3 is 20.4 Å². The quantitative estimate of drug-likeness (QED) is 0.315. The smallest absolute Gasteiger partial charge is 0.128 e. The Balaban J connectivity index is 2.91. The van der Waals surface area contributed by atoms with Gasteiger partial charge in [-0.05, 0) is 13.8 Å². The summed E-state index contributed by atoms with van der Waals surface area (Å²) in [5.41, 5.74) is 0. The van der Waals surface area contributed by atoms with Gasteiger partial charge in [0.05, 0.1) is 0 Å². The molecule has 0 amide bonds. The van der Waals surface area contributed by atoms with Gasteiger partial charge in [0.15, 0.2) is 0 Å².